The predicted molar refractivity (Wildman–Crippen MR) is 107 cm³/mol. The van der Waals surface area contributed by atoms with Crippen molar-refractivity contribution in [2.45, 2.75) is 18.5 Å². The SMILES string of the molecule is C[NH+](C)CCNC(=O)C[C@H](c1cccc(C(F)(F)F)c1)c1c[nH]c2ccccc12. The van der Waals surface area contributed by atoms with Gasteiger partial charge in [0.25, 0.3) is 0 Å². The highest BCUT2D eigenvalue weighted by Crippen LogP contribution is 2.36. The van der Waals surface area contributed by atoms with Crippen LogP contribution >= 0.6 is 0 Å². The van der Waals surface area contributed by atoms with E-state index in [-0.39, 0.29) is 12.3 Å². The van der Waals surface area contributed by atoms with E-state index in [1.165, 1.54) is 11.0 Å². The van der Waals surface area contributed by atoms with Crippen LogP contribution in [0.3, 0.4) is 0 Å². The molecule has 3 rings (SSSR count). The molecule has 0 aliphatic heterocycles. The van der Waals surface area contributed by atoms with Gasteiger partial charge in [0.15, 0.2) is 0 Å². The molecule has 7 heteroatoms. The number of fused-ring (bicyclic) bond motifs is 1. The third-order valence-electron chi connectivity index (χ3n) is 4.95. The zero-order valence-electron chi connectivity index (χ0n) is 16.4. The summed E-state index contributed by atoms with van der Waals surface area (Å²) in [5.41, 5.74) is 1.46. The maximum Gasteiger partial charge on any atom is 0.416 e. The minimum atomic E-state index is -4.43. The van der Waals surface area contributed by atoms with Crippen LogP contribution in [0.25, 0.3) is 10.9 Å². The molecule has 0 bridgehead atoms. The van der Waals surface area contributed by atoms with Crippen molar-refractivity contribution in [3.63, 3.8) is 0 Å². The normalized spacial score (nSPS) is 13.0. The Bertz CT molecular complexity index is 979. The van der Waals surface area contributed by atoms with E-state index in [1.807, 2.05) is 38.4 Å². The van der Waals surface area contributed by atoms with Gasteiger partial charge >= 0.3 is 6.18 Å². The summed E-state index contributed by atoms with van der Waals surface area (Å²) in [6, 6.07) is 12.8. The van der Waals surface area contributed by atoms with Crippen molar-refractivity contribution in [1.29, 1.82) is 0 Å². The van der Waals surface area contributed by atoms with Crippen LogP contribution in [0.2, 0.25) is 0 Å². The third kappa shape index (κ3) is 5.17. The Hall–Kier alpha value is -2.80. The van der Waals surface area contributed by atoms with E-state index in [9.17, 15) is 18.0 Å². The Balaban J connectivity index is 1.95. The number of aromatic nitrogens is 1. The number of amides is 1. The van der Waals surface area contributed by atoms with Gasteiger partial charge in [0.1, 0.15) is 0 Å². The van der Waals surface area contributed by atoms with Gasteiger partial charge in [0.05, 0.1) is 32.7 Å². The molecule has 0 unspecified atom stereocenters. The van der Waals surface area contributed by atoms with E-state index >= 15 is 0 Å². The fourth-order valence-corrected chi connectivity index (χ4v) is 3.43. The summed E-state index contributed by atoms with van der Waals surface area (Å²) in [6.07, 6.45) is -2.57. The molecule has 3 aromatic rings. The first-order chi connectivity index (χ1) is 13.8. The van der Waals surface area contributed by atoms with E-state index in [1.54, 1.807) is 12.3 Å². The highest BCUT2D eigenvalue weighted by atomic mass is 19.4. The molecule has 1 atom stereocenters. The molecule has 1 amide bonds. The van der Waals surface area contributed by atoms with E-state index in [2.05, 4.69) is 10.3 Å². The molecule has 1 aromatic heterocycles. The Labute approximate surface area is 167 Å². The highest BCUT2D eigenvalue weighted by molar-refractivity contribution is 5.86. The molecule has 0 spiro atoms. The fourth-order valence-electron chi connectivity index (χ4n) is 3.43. The zero-order valence-corrected chi connectivity index (χ0v) is 16.4. The number of para-hydroxylation sites is 1. The van der Waals surface area contributed by atoms with Crippen molar-refractivity contribution in [2.75, 3.05) is 27.2 Å². The van der Waals surface area contributed by atoms with Crippen LogP contribution in [0, 0.1) is 0 Å². The number of alkyl halides is 3. The van der Waals surface area contributed by atoms with Crippen molar-refractivity contribution in [1.82, 2.24) is 10.3 Å². The summed E-state index contributed by atoms with van der Waals surface area (Å²) in [5, 5.41) is 3.78. The maximum atomic E-state index is 13.2. The number of rotatable bonds is 7. The fraction of sp³-hybridized carbons (Fsp3) is 0.318. The van der Waals surface area contributed by atoms with Crippen molar-refractivity contribution < 1.29 is 22.9 Å². The minimum absolute atomic E-state index is 0.0753. The van der Waals surface area contributed by atoms with Crippen molar-refractivity contribution >= 4 is 16.8 Å². The zero-order chi connectivity index (χ0) is 21.0. The van der Waals surface area contributed by atoms with Crippen LogP contribution < -0.4 is 10.2 Å². The smallest absolute Gasteiger partial charge is 0.361 e. The van der Waals surface area contributed by atoms with Gasteiger partial charge in [-0.05, 0) is 23.3 Å². The minimum Gasteiger partial charge on any atom is -0.361 e. The highest BCUT2D eigenvalue weighted by Gasteiger charge is 2.31. The largest absolute Gasteiger partial charge is 0.416 e. The molecule has 0 saturated heterocycles. The number of H-pyrrole nitrogens is 1. The molecule has 0 aliphatic rings. The van der Waals surface area contributed by atoms with Crippen molar-refractivity contribution in [2.24, 2.45) is 0 Å². The Morgan fingerprint density at radius 1 is 1.14 bits per heavy atom. The number of benzene rings is 2. The average Bonchev–Trinajstić information content (AvgIpc) is 3.09. The number of carbonyl (C=O) groups is 1. The van der Waals surface area contributed by atoms with Crippen molar-refractivity contribution in [3.8, 4) is 0 Å². The molecule has 1 heterocycles. The van der Waals surface area contributed by atoms with Crippen LogP contribution in [0.5, 0.6) is 0 Å². The molecule has 29 heavy (non-hydrogen) atoms. The predicted octanol–water partition coefficient (Wildman–Crippen LogP) is 2.97. The van der Waals surface area contributed by atoms with Gasteiger partial charge in [0, 0.05) is 29.4 Å². The van der Waals surface area contributed by atoms with Gasteiger partial charge in [-0.3, -0.25) is 4.79 Å². The molecule has 0 fully saturated rings. The second kappa shape index (κ2) is 8.69. The van der Waals surface area contributed by atoms with Gasteiger partial charge in [0.2, 0.25) is 5.91 Å². The first kappa shape index (κ1) is 20.9. The summed E-state index contributed by atoms with van der Waals surface area (Å²) in [5.74, 6) is -0.668. The van der Waals surface area contributed by atoms with E-state index in [4.69, 9.17) is 0 Å². The summed E-state index contributed by atoms with van der Waals surface area (Å²) in [7, 11) is 3.98. The number of quaternary nitrogens is 1. The van der Waals surface area contributed by atoms with Gasteiger partial charge < -0.3 is 15.2 Å². The number of halogens is 3. The van der Waals surface area contributed by atoms with E-state index in [0.29, 0.717) is 12.1 Å². The molecule has 0 radical (unpaired) electrons. The maximum absolute atomic E-state index is 13.2. The van der Waals surface area contributed by atoms with E-state index < -0.39 is 17.7 Å². The van der Waals surface area contributed by atoms with Gasteiger partial charge in [-0.25, -0.2) is 0 Å². The lowest BCUT2D eigenvalue weighted by Crippen LogP contribution is -3.06. The van der Waals surface area contributed by atoms with Crippen LogP contribution in [0.15, 0.2) is 54.7 Å². The average molecular weight is 404 g/mol. The quantitative estimate of drug-likeness (QED) is 0.557. The molecular weight excluding hydrogens is 379 g/mol. The van der Waals surface area contributed by atoms with Gasteiger partial charge in [-0.2, -0.15) is 13.2 Å². The lowest BCUT2D eigenvalue weighted by atomic mass is 9.87. The summed E-state index contributed by atoms with van der Waals surface area (Å²) >= 11 is 0. The molecule has 2 aromatic carbocycles. The number of aromatic amines is 1. The Morgan fingerprint density at radius 3 is 2.62 bits per heavy atom. The standard InChI is InChI=1S/C22H24F3N3O/c1-28(2)11-10-26-21(29)13-18(15-6-5-7-16(12-15)22(23,24)25)19-14-27-20-9-4-3-8-17(19)20/h3-9,12,14,18,27H,10-11,13H2,1-2H3,(H,26,29)/p+1/t18-/m1/s1. The van der Waals surface area contributed by atoms with Crippen LogP contribution in [0.1, 0.15) is 29.0 Å². The number of hydrogen-bond donors (Lipinski definition) is 3. The second-order valence-electron chi connectivity index (χ2n) is 7.48. The third-order valence-corrected chi connectivity index (χ3v) is 4.95. The molecule has 154 valence electrons. The summed E-state index contributed by atoms with van der Waals surface area (Å²) in [4.78, 5) is 16.9. The Kier molecular flexibility index (Phi) is 6.27. The number of likely N-dealkylation sites (N-methyl/N-ethyl adjacent to an activating group) is 1. The topological polar surface area (TPSA) is 49.3 Å². The molecular formula is C22H25F3N3O+. The molecule has 3 N–H and O–H groups in total. The summed E-state index contributed by atoms with van der Waals surface area (Å²) in [6.45, 7) is 1.29. The molecule has 4 nitrogen and oxygen atoms in total. The molecule has 0 aliphatic carbocycles. The van der Waals surface area contributed by atoms with Crippen molar-refractivity contribution in [3.05, 3.63) is 71.4 Å². The van der Waals surface area contributed by atoms with E-state index in [0.717, 1.165) is 35.1 Å². The lowest BCUT2D eigenvalue weighted by Gasteiger charge is -2.19. The molecule has 0 saturated carbocycles. The first-order valence-corrected chi connectivity index (χ1v) is 9.54. The lowest BCUT2D eigenvalue weighted by molar-refractivity contribution is -0.856. The number of carbonyl (C=O) groups excluding carboxylic acids is 1. The second-order valence-corrected chi connectivity index (χ2v) is 7.48. The van der Waals surface area contributed by atoms with Crippen LogP contribution in [-0.4, -0.2) is 38.1 Å². The van der Waals surface area contributed by atoms with Gasteiger partial charge in [-0.1, -0.05) is 36.4 Å². The van der Waals surface area contributed by atoms with Gasteiger partial charge in [-0.15, -0.1) is 0 Å². The summed E-state index contributed by atoms with van der Waals surface area (Å²) < 4.78 is 39.7. The number of hydrogen-bond acceptors (Lipinski definition) is 1. The number of nitrogens with one attached hydrogen (secondary N) is 3. The first-order valence-electron chi connectivity index (χ1n) is 9.54. The Morgan fingerprint density at radius 2 is 1.90 bits per heavy atom. The monoisotopic (exact) mass is 404 g/mol. The van der Waals surface area contributed by atoms with Crippen LogP contribution in [0.4, 0.5) is 13.2 Å². The van der Waals surface area contributed by atoms with Crippen LogP contribution in [-0.2, 0) is 11.0 Å².